The summed E-state index contributed by atoms with van der Waals surface area (Å²) in [6, 6.07) is 8.57. The van der Waals surface area contributed by atoms with Crippen LogP contribution >= 0.6 is 0 Å². The molecule has 0 bridgehead atoms. The van der Waals surface area contributed by atoms with Gasteiger partial charge in [-0.3, -0.25) is 0 Å². The van der Waals surface area contributed by atoms with Crippen molar-refractivity contribution in [2.45, 2.75) is 49.6 Å². The van der Waals surface area contributed by atoms with Gasteiger partial charge in [-0.2, -0.15) is 0 Å². The Morgan fingerprint density at radius 1 is 1.24 bits per heavy atom. The molecule has 1 aliphatic carbocycles. The van der Waals surface area contributed by atoms with Gasteiger partial charge >= 0.3 is 0 Å². The molecule has 0 amide bonds. The third-order valence-corrected chi connectivity index (χ3v) is 6.26. The molecule has 1 aromatic rings. The van der Waals surface area contributed by atoms with Crippen LogP contribution in [0.5, 0.6) is 0 Å². The fraction of sp³-hybridized carbons (Fsp3) is 0.625. The minimum Gasteiger partial charge on any atom is -0.366 e. The third kappa shape index (κ3) is 3.24. The lowest BCUT2D eigenvalue weighted by atomic mass is 10.2. The van der Waals surface area contributed by atoms with Gasteiger partial charge in [-0.05, 0) is 37.8 Å². The summed E-state index contributed by atoms with van der Waals surface area (Å²) in [5, 5.41) is 3.58. The van der Waals surface area contributed by atoms with E-state index < -0.39 is 9.84 Å². The van der Waals surface area contributed by atoms with Crippen molar-refractivity contribution >= 4 is 15.5 Å². The topological polar surface area (TPSA) is 49.4 Å². The number of nitrogens with one attached hydrogen (secondary N) is 1. The van der Waals surface area contributed by atoms with Crippen LogP contribution in [0.2, 0.25) is 0 Å². The number of benzene rings is 1. The Hall–Kier alpha value is -1.07. The Bertz CT molecular complexity index is 596. The molecular weight excluding hydrogens is 284 g/mol. The summed E-state index contributed by atoms with van der Waals surface area (Å²) in [6.45, 7) is 3.63. The van der Waals surface area contributed by atoms with Gasteiger partial charge in [0.25, 0.3) is 0 Å². The SMILES string of the molecule is CCS(=O)(=O)c1ccccc1N1CCCC1CNC1CC1. The molecule has 0 spiro atoms. The molecule has 0 aromatic heterocycles. The van der Waals surface area contributed by atoms with E-state index in [0.717, 1.165) is 31.6 Å². The highest BCUT2D eigenvalue weighted by atomic mass is 32.2. The Kier molecular flexibility index (Phi) is 4.22. The van der Waals surface area contributed by atoms with Crippen molar-refractivity contribution in [1.29, 1.82) is 0 Å². The molecule has 1 atom stereocenters. The predicted molar refractivity (Wildman–Crippen MR) is 85.6 cm³/mol. The molecule has 1 unspecified atom stereocenters. The van der Waals surface area contributed by atoms with Gasteiger partial charge in [0.1, 0.15) is 0 Å². The average molecular weight is 308 g/mol. The van der Waals surface area contributed by atoms with Crippen molar-refractivity contribution in [2.24, 2.45) is 0 Å². The molecule has 21 heavy (non-hydrogen) atoms. The fourth-order valence-corrected chi connectivity index (χ4v) is 4.17. The molecule has 1 N–H and O–H groups in total. The van der Waals surface area contributed by atoms with Crippen LogP contribution in [0, 0.1) is 0 Å². The Labute approximate surface area is 127 Å². The van der Waals surface area contributed by atoms with Gasteiger partial charge in [0.2, 0.25) is 0 Å². The second-order valence-electron chi connectivity index (χ2n) is 6.04. The van der Waals surface area contributed by atoms with E-state index >= 15 is 0 Å². The Morgan fingerprint density at radius 3 is 2.71 bits per heavy atom. The molecule has 2 aliphatic rings. The molecule has 3 rings (SSSR count). The second kappa shape index (κ2) is 5.97. The van der Waals surface area contributed by atoms with E-state index in [0.29, 0.717) is 17.0 Å². The van der Waals surface area contributed by atoms with Gasteiger partial charge in [-0.15, -0.1) is 0 Å². The van der Waals surface area contributed by atoms with Crippen molar-refractivity contribution < 1.29 is 8.42 Å². The van der Waals surface area contributed by atoms with Gasteiger partial charge in [-0.1, -0.05) is 19.1 Å². The van der Waals surface area contributed by atoms with E-state index in [4.69, 9.17) is 0 Å². The first-order chi connectivity index (χ1) is 10.1. The van der Waals surface area contributed by atoms with E-state index in [9.17, 15) is 8.42 Å². The number of para-hydroxylation sites is 1. The van der Waals surface area contributed by atoms with Crippen molar-refractivity contribution in [2.75, 3.05) is 23.7 Å². The summed E-state index contributed by atoms with van der Waals surface area (Å²) in [7, 11) is -3.17. The summed E-state index contributed by atoms with van der Waals surface area (Å²) in [4.78, 5) is 2.78. The van der Waals surface area contributed by atoms with Crippen molar-refractivity contribution in [3.63, 3.8) is 0 Å². The summed E-state index contributed by atoms with van der Waals surface area (Å²) in [5.41, 5.74) is 0.888. The van der Waals surface area contributed by atoms with Crippen LogP contribution < -0.4 is 10.2 Å². The predicted octanol–water partition coefficient (Wildman–Crippen LogP) is 2.20. The molecule has 1 heterocycles. The van der Waals surface area contributed by atoms with Crippen molar-refractivity contribution in [3.05, 3.63) is 24.3 Å². The molecule has 1 aliphatic heterocycles. The van der Waals surface area contributed by atoms with Crippen LogP contribution in [0.3, 0.4) is 0 Å². The Morgan fingerprint density at radius 2 is 2.00 bits per heavy atom. The minimum absolute atomic E-state index is 0.156. The first-order valence-corrected chi connectivity index (χ1v) is 9.59. The van der Waals surface area contributed by atoms with Gasteiger partial charge < -0.3 is 10.2 Å². The largest absolute Gasteiger partial charge is 0.366 e. The lowest BCUT2D eigenvalue weighted by Crippen LogP contribution is -2.39. The Balaban J connectivity index is 1.84. The molecular formula is C16H24N2O2S. The van der Waals surface area contributed by atoms with Crippen LogP contribution in [0.1, 0.15) is 32.6 Å². The minimum atomic E-state index is -3.17. The highest BCUT2D eigenvalue weighted by molar-refractivity contribution is 7.91. The molecule has 1 saturated heterocycles. The van der Waals surface area contributed by atoms with Gasteiger partial charge in [0.15, 0.2) is 9.84 Å². The van der Waals surface area contributed by atoms with Gasteiger partial charge in [-0.25, -0.2) is 8.42 Å². The van der Waals surface area contributed by atoms with Crippen LogP contribution in [-0.2, 0) is 9.84 Å². The maximum absolute atomic E-state index is 12.3. The van der Waals surface area contributed by atoms with E-state index in [2.05, 4.69) is 10.2 Å². The molecule has 1 aromatic carbocycles. The molecule has 2 fully saturated rings. The van der Waals surface area contributed by atoms with Crippen molar-refractivity contribution in [3.8, 4) is 0 Å². The zero-order valence-corrected chi connectivity index (χ0v) is 13.4. The molecule has 1 saturated carbocycles. The standard InChI is InChI=1S/C16H24N2O2S/c1-2-21(19,20)16-8-4-3-7-15(16)18-11-5-6-14(18)12-17-13-9-10-13/h3-4,7-8,13-14,17H,2,5-6,9-12H2,1H3. The number of sulfone groups is 1. The van der Waals surface area contributed by atoms with Gasteiger partial charge in [0, 0.05) is 25.2 Å². The first-order valence-electron chi connectivity index (χ1n) is 7.93. The average Bonchev–Trinajstić information content (AvgIpc) is 3.22. The number of hydrogen-bond acceptors (Lipinski definition) is 4. The summed E-state index contributed by atoms with van der Waals surface area (Å²) < 4.78 is 24.6. The second-order valence-corrected chi connectivity index (χ2v) is 8.29. The molecule has 116 valence electrons. The summed E-state index contributed by atoms with van der Waals surface area (Å²) in [5.74, 6) is 0.156. The normalized spacial score (nSPS) is 22.7. The molecule has 5 heteroatoms. The first kappa shape index (κ1) is 14.9. The van der Waals surface area contributed by atoms with Crippen LogP contribution in [0.25, 0.3) is 0 Å². The molecule has 4 nitrogen and oxygen atoms in total. The number of anilines is 1. The summed E-state index contributed by atoms with van der Waals surface area (Å²) in [6.07, 6.45) is 4.85. The van der Waals surface area contributed by atoms with Crippen molar-refractivity contribution in [1.82, 2.24) is 5.32 Å². The molecule has 0 radical (unpaired) electrons. The van der Waals surface area contributed by atoms with E-state index in [1.807, 2.05) is 18.2 Å². The number of rotatable bonds is 6. The van der Waals surface area contributed by atoms with Crippen LogP contribution in [0.4, 0.5) is 5.69 Å². The van der Waals surface area contributed by atoms with E-state index in [-0.39, 0.29) is 5.75 Å². The number of nitrogens with zero attached hydrogens (tertiary/aromatic N) is 1. The third-order valence-electron chi connectivity index (χ3n) is 4.49. The quantitative estimate of drug-likeness (QED) is 0.875. The lowest BCUT2D eigenvalue weighted by Gasteiger charge is -2.29. The maximum Gasteiger partial charge on any atom is 0.180 e. The van der Waals surface area contributed by atoms with Crippen LogP contribution in [0.15, 0.2) is 29.2 Å². The zero-order valence-electron chi connectivity index (χ0n) is 12.6. The smallest absolute Gasteiger partial charge is 0.180 e. The number of hydrogen-bond donors (Lipinski definition) is 1. The van der Waals surface area contributed by atoms with E-state index in [1.165, 1.54) is 12.8 Å². The fourth-order valence-electron chi connectivity index (χ4n) is 3.07. The summed E-state index contributed by atoms with van der Waals surface area (Å²) >= 11 is 0. The monoisotopic (exact) mass is 308 g/mol. The van der Waals surface area contributed by atoms with Crippen LogP contribution in [-0.4, -0.2) is 39.3 Å². The van der Waals surface area contributed by atoms with E-state index in [1.54, 1.807) is 13.0 Å². The highest BCUT2D eigenvalue weighted by Crippen LogP contribution is 2.32. The lowest BCUT2D eigenvalue weighted by molar-refractivity contribution is 0.567. The zero-order chi connectivity index (χ0) is 14.9. The highest BCUT2D eigenvalue weighted by Gasteiger charge is 2.30. The van der Waals surface area contributed by atoms with Gasteiger partial charge in [0.05, 0.1) is 16.3 Å². The maximum atomic E-state index is 12.3.